The van der Waals surface area contributed by atoms with Crippen LogP contribution in [0.25, 0.3) is 0 Å². The van der Waals surface area contributed by atoms with E-state index in [4.69, 9.17) is 14.2 Å². The molecule has 1 aliphatic carbocycles. The zero-order valence-corrected chi connectivity index (χ0v) is 90.1. The van der Waals surface area contributed by atoms with Crippen LogP contribution in [-0.4, -0.2) is 193 Å². The van der Waals surface area contributed by atoms with Crippen LogP contribution in [0.4, 0.5) is 17.5 Å². The van der Waals surface area contributed by atoms with E-state index in [1.807, 2.05) is 50.0 Å². The Kier molecular flexibility index (Phi) is 52.4. The fourth-order valence-electron chi connectivity index (χ4n) is 16.2. The number of aryl methyl sites for hydroxylation is 1. The predicted molar refractivity (Wildman–Crippen MR) is 563 cm³/mol. The number of pyridine rings is 4. The maximum Gasteiger partial charge on any atom is 0.128 e. The van der Waals surface area contributed by atoms with E-state index in [9.17, 15) is 0 Å². The largest absolute Gasteiger partial charge is 0.381 e. The first-order valence-corrected chi connectivity index (χ1v) is 50.5. The van der Waals surface area contributed by atoms with Crippen molar-refractivity contribution in [2.45, 2.75) is 427 Å². The molecule has 0 N–H and O–H groups in total. The molecule has 0 bridgehead atoms. The first kappa shape index (κ1) is 119. The van der Waals surface area contributed by atoms with Gasteiger partial charge in [0, 0.05) is 126 Å². The Hall–Kier alpha value is -5.06. The Morgan fingerprint density at radius 2 is 0.664 bits per heavy atom. The number of benzene rings is 1. The topological polar surface area (TPSA) is 102 Å². The quantitative estimate of drug-likeness (QED) is 0.161. The molecule has 0 amide bonds. The SMILES string of the molecule is C.CC(C)(C)C1CCOCC1.CC(C)(C)CCOC1CCCC1.CC(C)(C)N1CCCC1.CC(C)(C)N1CCCCC1.CC(C)(C)N1CCOCC1.CC(C)(C)c1ccnc(N2CCCC2)c1.CC(C)(C)c1ccnc(N2CCCCC2)c1.CC(C)(C)c1ccncc1.CC1CCN(C(C)(C)C)CC1.CN(C)c1cc(C(C)(C)C)ccn1.Cc1ccc(C(C)(C)C)cc1. The first-order valence-electron chi connectivity index (χ1n) is 50.5. The smallest absolute Gasteiger partial charge is 0.128 e. The second-order valence-electron chi connectivity index (χ2n) is 49.2. The minimum absolute atomic E-state index is 0. The number of rotatable bonds is 6. The molecule has 1 aromatic carbocycles. The minimum atomic E-state index is 0. The van der Waals surface area contributed by atoms with Crippen LogP contribution in [0, 0.1) is 29.6 Å². The van der Waals surface area contributed by atoms with E-state index in [1.54, 1.807) is 0 Å². The van der Waals surface area contributed by atoms with Crippen LogP contribution in [0.5, 0.6) is 0 Å². The summed E-state index contributed by atoms with van der Waals surface area (Å²) in [6, 6.07) is 25.8. The van der Waals surface area contributed by atoms with Crippen molar-refractivity contribution in [3.05, 3.63) is 137 Å². The lowest BCUT2D eigenvalue weighted by Crippen LogP contribution is -2.47. The highest BCUT2D eigenvalue weighted by atomic mass is 16.5. The number of morpholine rings is 1. The van der Waals surface area contributed by atoms with Gasteiger partial charge in [0.15, 0.2) is 0 Å². The van der Waals surface area contributed by atoms with Crippen LogP contribution in [0.15, 0.2) is 104 Å². The van der Waals surface area contributed by atoms with E-state index in [1.165, 1.54) is 221 Å². The van der Waals surface area contributed by atoms with Gasteiger partial charge in [0.1, 0.15) is 17.5 Å². The van der Waals surface area contributed by atoms with E-state index in [0.717, 1.165) is 75.4 Å². The van der Waals surface area contributed by atoms with Gasteiger partial charge in [0.2, 0.25) is 0 Å². The number of anilines is 3. The van der Waals surface area contributed by atoms with Crippen molar-refractivity contribution in [3.8, 4) is 0 Å². The molecule has 4 aromatic heterocycles. The fraction of sp³-hybridized carbons (Fsp3) is 0.772. The van der Waals surface area contributed by atoms with Crippen molar-refractivity contribution in [1.82, 2.24) is 39.5 Å². The average Bonchev–Trinajstić information content (AvgIpc) is 1.33. The van der Waals surface area contributed by atoms with Crippen LogP contribution in [-0.2, 0) is 41.3 Å². The Morgan fingerprint density at radius 3 is 0.992 bits per heavy atom. The minimum Gasteiger partial charge on any atom is -0.381 e. The molecular formula is C114H207N11O3. The molecule has 14 heteroatoms. The zero-order valence-electron chi connectivity index (χ0n) is 90.1. The lowest BCUT2D eigenvalue weighted by Gasteiger charge is -2.40. The summed E-state index contributed by atoms with van der Waals surface area (Å²) in [7, 11) is 4.02. The molecule has 0 spiro atoms. The highest BCUT2D eigenvalue weighted by Gasteiger charge is 2.30. The molecule has 5 aromatic rings. The third kappa shape index (κ3) is 50.9. The van der Waals surface area contributed by atoms with Gasteiger partial charge in [-0.25, -0.2) is 15.0 Å². The molecule has 8 fully saturated rings. The Morgan fingerprint density at radius 1 is 0.344 bits per heavy atom. The van der Waals surface area contributed by atoms with E-state index in [-0.39, 0.29) is 34.5 Å². The number of nitrogens with zero attached hydrogens (tertiary/aromatic N) is 11. The van der Waals surface area contributed by atoms with Gasteiger partial charge in [-0.2, -0.15) is 0 Å². The van der Waals surface area contributed by atoms with Crippen LogP contribution in [0.2, 0.25) is 0 Å². The highest BCUT2D eigenvalue weighted by Crippen LogP contribution is 2.35. The van der Waals surface area contributed by atoms with Gasteiger partial charge in [0.05, 0.1) is 19.3 Å². The summed E-state index contributed by atoms with van der Waals surface area (Å²) in [5.41, 5.74) is 11.8. The molecule has 13 rings (SSSR count). The molecule has 0 atom stereocenters. The number of hydrogen-bond donors (Lipinski definition) is 0. The predicted octanol–water partition coefficient (Wildman–Crippen LogP) is 28.7. The van der Waals surface area contributed by atoms with Gasteiger partial charge in [0.25, 0.3) is 0 Å². The summed E-state index contributed by atoms with van der Waals surface area (Å²) < 4.78 is 16.3. The molecule has 8 aliphatic rings. The number of likely N-dealkylation sites (tertiary alicyclic amines) is 3. The van der Waals surface area contributed by atoms with Crippen LogP contribution < -0.4 is 14.7 Å². The van der Waals surface area contributed by atoms with Crippen LogP contribution >= 0.6 is 0 Å². The van der Waals surface area contributed by atoms with Crippen molar-refractivity contribution in [1.29, 1.82) is 0 Å². The van der Waals surface area contributed by atoms with Gasteiger partial charge >= 0.3 is 0 Å². The molecule has 11 heterocycles. The average molecular weight is 1780 g/mol. The third-order valence-electron chi connectivity index (χ3n) is 25.9. The molecule has 7 saturated heterocycles. The lowest BCUT2D eigenvalue weighted by molar-refractivity contribution is -0.00389. The zero-order chi connectivity index (χ0) is 95.9. The summed E-state index contributed by atoms with van der Waals surface area (Å²) in [4.78, 5) is 34.2. The Labute approximate surface area is 793 Å². The molecular weight excluding hydrogens is 1570 g/mol. The second kappa shape index (κ2) is 56.3. The molecule has 14 nitrogen and oxygen atoms in total. The molecule has 0 radical (unpaired) electrons. The molecule has 7 aliphatic heterocycles. The van der Waals surface area contributed by atoms with Crippen molar-refractivity contribution >= 4 is 17.5 Å². The van der Waals surface area contributed by atoms with Crippen molar-refractivity contribution in [2.75, 3.05) is 140 Å². The fourth-order valence-corrected chi connectivity index (χ4v) is 16.2. The van der Waals surface area contributed by atoms with Crippen LogP contribution in [0.1, 0.15) is 398 Å². The summed E-state index contributed by atoms with van der Waals surface area (Å²) in [5, 5.41) is 0. The van der Waals surface area contributed by atoms with Crippen molar-refractivity contribution in [2.24, 2.45) is 22.7 Å². The molecule has 128 heavy (non-hydrogen) atoms. The molecule has 0 unspecified atom stereocenters. The Balaban J connectivity index is 0.000000478. The lowest BCUT2D eigenvalue weighted by atomic mass is 9.76. The van der Waals surface area contributed by atoms with Gasteiger partial charge in [-0.15, -0.1) is 0 Å². The second-order valence-corrected chi connectivity index (χ2v) is 49.2. The summed E-state index contributed by atoms with van der Waals surface area (Å²) >= 11 is 0. The van der Waals surface area contributed by atoms with E-state index >= 15 is 0 Å². The number of piperidine rings is 3. The first-order chi connectivity index (χ1) is 58.7. The van der Waals surface area contributed by atoms with E-state index in [0.29, 0.717) is 39.1 Å². The van der Waals surface area contributed by atoms with Crippen LogP contribution in [0.3, 0.4) is 0 Å². The van der Waals surface area contributed by atoms with Crippen molar-refractivity contribution in [3.63, 3.8) is 0 Å². The van der Waals surface area contributed by atoms with Gasteiger partial charge < -0.3 is 28.9 Å². The van der Waals surface area contributed by atoms with Gasteiger partial charge in [-0.3, -0.25) is 24.6 Å². The molecule has 736 valence electrons. The molecule has 1 saturated carbocycles. The summed E-state index contributed by atoms with van der Waals surface area (Å²) in [6.07, 6.45) is 35.5. The summed E-state index contributed by atoms with van der Waals surface area (Å²) in [6.45, 7) is 98.5. The highest BCUT2D eigenvalue weighted by molar-refractivity contribution is 5.45. The number of hydrogen-bond acceptors (Lipinski definition) is 14. The summed E-state index contributed by atoms with van der Waals surface area (Å²) in [5.74, 6) is 5.16. The maximum atomic E-state index is 5.78. The monoisotopic (exact) mass is 1780 g/mol. The van der Waals surface area contributed by atoms with Gasteiger partial charge in [-0.05, 0) is 358 Å². The van der Waals surface area contributed by atoms with Gasteiger partial charge in [-0.1, -0.05) is 209 Å². The van der Waals surface area contributed by atoms with Crippen molar-refractivity contribution < 1.29 is 14.2 Å². The van der Waals surface area contributed by atoms with E-state index < -0.39 is 0 Å². The normalized spacial score (nSPS) is 18.3. The number of aromatic nitrogens is 4. The maximum absolute atomic E-state index is 5.78. The Bertz CT molecular complexity index is 3550. The third-order valence-corrected chi connectivity index (χ3v) is 25.9. The standard InChI is InChI=1S/C14H22N2.C13H20N2.C11H18N2.C11H22O.C11H16.C10H21N.C9H13N.C9H19N.C9H18O.C8H17NO.C8H17N.CH4/c1-14(2,3)12-7-8-15-13(11-12)16-9-5-4-6-10-16;1-13(2,3)11-6-7-14-12(10-11)15-8-4-5-9-15;1-11(2,3)9-6-7-12-10(8-9)13(4)5;1-11(2,3)8-9-12-10-6-4-5-7-10;1-9-5-7-10(8-6-9)11(2,3)4;1-9-5-7-11(8-6-9)10(2,3)4;1-9(2,3)8-4-6-10-7-5-8;1-9(2,3)10-7-5-4-6-8-10;1-9(2,3)8-4-6-10-7-5-8;1-8(2,3)9-4-6-10-7-5-9;1-8(2,3)9-6-4-5-7-9;/h7-8,11H,4-6,9-10H2,1-3H3;6-7,10H,4-5,8-9H2,1-3H3;6-8H,1-5H3;10H,4-9H2,1-3H3;5-8H,1-4H3;9H,5-8H2,1-4H3;4-7H,1-3H3;4-8H2,1-3H3;8H,4-7H2,1-3H3;4-7H2,1-3H3;4-7H2,1-3H3;1H4. The number of ether oxygens (including phenoxy) is 3. The van der Waals surface area contributed by atoms with E-state index in [2.05, 4.69) is 364 Å².